The van der Waals surface area contributed by atoms with E-state index in [0.29, 0.717) is 0 Å². The first-order chi connectivity index (χ1) is 10.2. The van der Waals surface area contributed by atoms with Crippen LogP contribution in [0.5, 0.6) is 11.5 Å². The number of hydrogen-bond acceptors (Lipinski definition) is 6. The molecule has 2 aromatic rings. The Morgan fingerprint density at radius 2 is 1.86 bits per heavy atom. The topological polar surface area (TPSA) is 55.4 Å². The Hall–Kier alpha value is -1.79. The van der Waals surface area contributed by atoms with Crippen molar-refractivity contribution in [3.05, 3.63) is 29.3 Å². The molecule has 1 aromatic heterocycles. The SMILES string of the molecule is CCNCCc1csc(Nc2cc(OC)cc(OC)c2)n1. The van der Waals surface area contributed by atoms with E-state index in [-0.39, 0.29) is 0 Å². The van der Waals surface area contributed by atoms with Crippen molar-refractivity contribution in [1.82, 2.24) is 10.3 Å². The molecule has 1 aromatic carbocycles. The van der Waals surface area contributed by atoms with Crippen molar-refractivity contribution in [2.75, 3.05) is 32.6 Å². The third-order valence-corrected chi connectivity index (χ3v) is 3.77. The summed E-state index contributed by atoms with van der Waals surface area (Å²) >= 11 is 1.60. The molecule has 2 rings (SSSR count). The first-order valence-electron chi connectivity index (χ1n) is 6.90. The van der Waals surface area contributed by atoms with Gasteiger partial charge in [-0.3, -0.25) is 0 Å². The minimum atomic E-state index is 0.751. The molecular formula is C15H21N3O2S. The molecule has 0 aliphatic carbocycles. The number of methoxy groups -OCH3 is 2. The molecule has 114 valence electrons. The zero-order valence-electron chi connectivity index (χ0n) is 12.6. The highest BCUT2D eigenvalue weighted by molar-refractivity contribution is 7.13. The highest BCUT2D eigenvalue weighted by Crippen LogP contribution is 2.29. The lowest BCUT2D eigenvalue weighted by Crippen LogP contribution is -2.16. The Bertz CT molecular complexity index is 550. The number of thiazole rings is 1. The fourth-order valence-corrected chi connectivity index (χ4v) is 2.64. The summed E-state index contributed by atoms with van der Waals surface area (Å²) in [6, 6.07) is 5.68. The van der Waals surface area contributed by atoms with Crippen molar-refractivity contribution < 1.29 is 9.47 Å². The van der Waals surface area contributed by atoms with Gasteiger partial charge in [-0.05, 0) is 6.54 Å². The molecule has 0 fully saturated rings. The molecule has 0 saturated carbocycles. The summed E-state index contributed by atoms with van der Waals surface area (Å²) < 4.78 is 10.5. The Morgan fingerprint density at radius 1 is 1.14 bits per heavy atom. The predicted molar refractivity (Wildman–Crippen MR) is 87.2 cm³/mol. The molecule has 21 heavy (non-hydrogen) atoms. The molecule has 0 atom stereocenters. The third kappa shape index (κ3) is 4.61. The van der Waals surface area contributed by atoms with E-state index < -0.39 is 0 Å². The summed E-state index contributed by atoms with van der Waals surface area (Å²) in [4.78, 5) is 4.57. The molecule has 5 nitrogen and oxygen atoms in total. The van der Waals surface area contributed by atoms with Crippen molar-refractivity contribution in [1.29, 1.82) is 0 Å². The number of likely N-dealkylation sites (N-methyl/N-ethyl adjacent to an activating group) is 1. The highest BCUT2D eigenvalue weighted by Gasteiger charge is 2.05. The zero-order valence-corrected chi connectivity index (χ0v) is 13.4. The molecule has 0 amide bonds. The molecule has 0 aliphatic rings. The monoisotopic (exact) mass is 307 g/mol. The summed E-state index contributed by atoms with van der Waals surface area (Å²) in [5.74, 6) is 1.50. The van der Waals surface area contributed by atoms with E-state index in [2.05, 4.69) is 27.9 Å². The van der Waals surface area contributed by atoms with E-state index in [9.17, 15) is 0 Å². The van der Waals surface area contributed by atoms with Gasteiger partial charge in [0.15, 0.2) is 5.13 Å². The second kappa shape index (κ2) is 7.85. The molecule has 0 spiro atoms. The van der Waals surface area contributed by atoms with Crippen molar-refractivity contribution in [2.45, 2.75) is 13.3 Å². The van der Waals surface area contributed by atoms with Crippen LogP contribution in [-0.4, -0.2) is 32.3 Å². The molecule has 0 unspecified atom stereocenters. The number of anilines is 2. The van der Waals surface area contributed by atoms with E-state index in [1.54, 1.807) is 25.6 Å². The van der Waals surface area contributed by atoms with Gasteiger partial charge in [0, 0.05) is 42.2 Å². The number of nitrogens with one attached hydrogen (secondary N) is 2. The molecular weight excluding hydrogens is 286 g/mol. The van der Waals surface area contributed by atoms with Crippen LogP contribution >= 0.6 is 11.3 Å². The third-order valence-electron chi connectivity index (χ3n) is 2.96. The van der Waals surface area contributed by atoms with Crippen LogP contribution in [0.3, 0.4) is 0 Å². The fraction of sp³-hybridized carbons (Fsp3) is 0.400. The average molecular weight is 307 g/mol. The van der Waals surface area contributed by atoms with E-state index in [4.69, 9.17) is 9.47 Å². The summed E-state index contributed by atoms with van der Waals surface area (Å²) in [5, 5.41) is 9.54. The minimum absolute atomic E-state index is 0.751. The fourth-order valence-electron chi connectivity index (χ4n) is 1.88. The van der Waals surface area contributed by atoms with Gasteiger partial charge in [-0.1, -0.05) is 6.92 Å². The smallest absolute Gasteiger partial charge is 0.187 e. The normalized spacial score (nSPS) is 10.4. The van der Waals surface area contributed by atoms with Gasteiger partial charge in [0.1, 0.15) is 11.5 Å². The number of aromatic nitrogens is 1. The van der Waals surface area contributed by atoms with E-state index in [1.165, 1.54) is 0 Å². The van der Waals surface area contributed by atoms with Gasteiger partial charge in [0.05, 0.1) is 19.9 Å². The Kier molecular flexibility index (Phi) is 5.83. The average Bonchev–Trinajstić information content (AvgIpc) is 2.94. The van der Waals surface area contributed by atoms with Crippen molar-refractivity contribution in [2.24, 2.45) is 0 Å². The molecule has 0 saturated heterocycles. The first kappa shape index (κ1) is 15.6. The van der Waals surface area contributed by atoms with Gasteiger partial charge >= 0.3 is 0 Å². The molecule has 2 N–H and O–H groups in total. The Balaban J connectivity index is 2.04. The summed E-state index contributed by atoms with van der Waals surface area (Å²) in [6.45, 7) is 4.04. The van der Waals surface area contributed by atoms with Gasteiger partial charge < -0.3 is 20.1 Å². The van der Waals surface area contributed by atoms with Gasteiger partial charge in [-0.2, -0.15) is 0 Å². The van der Waals surface area contributed by atoms with Gasteiger partial charge in [-0.25, -0.2) is 4.98 Å². The number of nitrogens with zero attached hydrogens (tertiary/aromatic N) is 1. The molecule has 0 bridgehead atoms. The maximum absolute atomic E-state index is 5.26. The number of benzene rings is 1. The summed E-state index contributed by atoms with van der Waals surface area (Å²) in [5.41, 5.74) is 2.00. The molecule has 6 heteroatoms. The maximum Gasteiger partial charge on any atom is 0.187 e. The Labute approximate surface area is 129 Å². The van der Waals surface area contributed by atoms with Crippen LogP contribution in [0.2, 0.25) is 0 Å². The van der Waals surface area contributed by atoms with E-state index >= 15 is 0 Å². The summed E-state index contributed by atoms with van der Waals surface area (Å²) in [7, 11) is 3.28. The second-order valence-electron chi connectivity index (χ2n) is 4.47. The van der Waals surface area contributed by atoms with Gasteiger partial charge in [0.25, 0.3) is 0 Å². The van der Waals surface area contributed by atoms with Crippen LogP contribution < -0.4 is 20.1 Å². The van der Waals surface area contributed by atoms with Crippen molar-refractivity contribution in [3.8, 4) is 11.5 Å². The van der Waals surface area contributed by atoms with Crippen molar-refractivity contribution in [3.63, 3.8) is 0 Å². The van der Waals surface area contributed by atoms with Crippen LogP contribution in [0, 0.1) is 0 Å². The summed E-state index contributed by atoms with van der Waals surface area (Å²) in [6.07, 6.45) is 0.938. The largest absolute Gasteiger partial charge is 0.497 e. The molecule has 1 heterocycles. The van der Waals surface area contributed by atoms with Crippen LogP contribution in [0.15, 0.2) is 23.6 Å². The lowest BCUT2D eigenvalue weighted by molar-refractivity contribution is 0.395. The second-order valence-corrected chi connectivity index (χ2v) is 5.33. The molecule has 0 radical (unpaired) electrons. The standard InChI is InChI=1S/C15H21N3O2S/c1-4-16-6-5-11-10-21-15(17-11)18-12-7-13(19-2)9-14(8-12)20-3/h7-10,16H,4-6H2,1-3H3,(H,17,18). The lowest BCUT2D eigenvalue weighted by atomic mass is 10.3. The number of rotatable bonds is 8. The van der Waals surface area contributed by atoms with Gasteiger partial charge in [0.2, 0.25) is 0 Å². The van der Waals surface area contributed by atoms with Crippen LogP contribution in [0.4, 0.5) is 10.8 Å². The zero-order chi connectivity index (χ0) is 15.1. The van der Waals surface area contributed by atoms with E-state index in [0.717, 1.165) is 47.5 Å². The maximum atomic E-state index is 5.26. The Morgan fingerprint density at radius 3 is 2.48 bits per heavy atom. The van der Waals surface area contributed by atoms with Crippen molar-refractivity contribution >= 4 is 22.2 Å². The highest BCUT2D eigenvalue weighted by atomic mass is 32.1. The quantitative estimate of drug-likeness (QED) is 0.734. The predicted octanol–water partition coefficient (Wildman–Crippen LogP) is 3.06. The van der Waals surface area contributed by atoms with Crippen LogP contribution in [0.25, 0.3) is 0 Å². The number of hydrogen-bond donors (Lipinski definition) is 2. The van der Waals surface area contributed by atoms with Crippen LogP contribution in [-0.2, 0) is 6.42 Å². The first-order valence-corrected chi connectivity index (χ1v) is 7.78. The lowest BCUT2D eigenvalue weighted by Gasteiger charge is -2.08. The van der Waals surface area contributed by atoms with E-state index in [1.807, 2.05) is 18.2 Å². The minimum Gasteiger partial charge on any atom is -0.497 e. The molecule has 0 aliphatic heterocycles. The number of ether oxygens (including phenoxy) is 2. The van der Waals surface area contributed by atoms with Gasteiger partial charge in [-0.15, -0.1) is 11.3 Å². The van der Waals surface area contributed by atoms with Crippen LogP contribution in [0.1, 0.15) is 12.6 Å².